The lowest BCUT2D eigenvalue weighted by Gasteiger charge is -2.33. The summed E-state index contributed by atoms with van der Waals surface area (Å²) >= 11 is 0. The van der Waals surface area contributed by atoms with E-state index in [2.05, 4.69) is 27.3 Å². The average Bonchev–Trinajstić information content (AvgIpc) is 2.87. The van der Waals surface area contributed by atoms with Gasteiger partial charge in [0.25, 0.3) is 0 Å². The summed E-state index contributed by atoms with van der Waals surface area (Å²) < 4.78 is 5.62. The van der Waals surface area contributed by atoms with Crippen LogP contribution in [0.5, 0.6) is 0 Å². The SMILES string of the molecule is CCCN(Cc1nnc(CC)o1)C1CCNCC1. The van der Waals surface area contributed by atoms with Crippen LogP contribution in [0.2, 0.25) is 0 Å². The van der Waals surface area contributed by atoms with Gasteiger partial charge in [0.1, 0.15) is 0 Å². The minimum Gasteiger partial charge on any atom is -0.424 e. The standard InChI is InChI=1S/C13H24N4O/c1-3-9-17(11-5-7-14-8-6-11)10-13-16-15-12(4-2)18-13/h11,14H,3-10H2,1-2H3. The Kier molecular flexibility index (Phi) is 5.13. The summed E-state index contributed by atoms with van der Waals surface area (Å²) in [5, 5.41) is 11.6. The number of aryl methyl sites for hydroxylation is 1. The second-order valence-corrected chi connectivity index (χ2v) is 4.89. The fourth-order valence-corrected chi connectivity index (χ4v) is 2.52. The smallest absolute Gasteiger partial charge is 0.230 e. The highest BCUT2D eigenvalue weighted by molar-refractivity contribution is 4.85. The molecule has 1 aromatic rings. The van der Waals surface area contributed by atoms with Gasteiger partial charge in [-0.05, 0) is 38.9 Å². The molecule has 0 amide bonds. The van der Waals surface area contributed by atoms with Crippen molar-refractivity contribution in [3.05, 3.63) is 11.8 Å². The molecule has 18 heavy (non-hydrogen) atoms. The first-order chi connectivity index (χ1) is 8.83. The highest BCUT2D eigenvalue weighted by atomic mass is 16.4. The van der Waals surface area contributed by atoms with Crippen molar-refractivity contribution < 1.29 is 4.42 Å². The van der Waals surface area contributed by atoms with Crippen molar-refractivity contribution in [2.45, 2.75) is 52.1 Å². The van der Waals surface area contributed by atoms with Crippen molar-refractivity contribution in [3.8, 4) is 0 Å². The molecule has 2 rings (SSSR count). The zero-order chi connectivity index (χ0) is 12.8. The predicted molar refractivity (Wildman–Crippen MR) is 70.3 cm³/mol. The molecule has 0 atom stereocenters. The second-order valence-electron chi connectivity index (χ2n) is 4.89. The Bertz CT molecular complexity index is 347. The van der Waals surface area contributed by atoms with Crippen molar-refractivity contribution in [2.75, 3.05) is 19.6 Å². The van der Waals surface area contributed by atoms with E-state index in [1.54, 1.807) is 0 Å². The molecule has 2 heterocycles. The highest BCUT2D eigenvalue weighted by Gasteiger charge is 2.22. The van der Waals surface area contributed by atoms with Crippen LogP contribution in [0.4, 0.5) is 0 Å². The van der Waals surface area contributed by atoms with E-state index in [0.717, 1.165) is 44.4 Å². The topological polar surface area (TPSA) is 54.2 Å². The van der Waals surface area contributed by atoms with E-state index >= 15 is 0 Å². The summed E-state index contributed by atoms with van der Waals surface area (Å²) in [5.74, 6) is 1.51. The molecule has 0 radical (unpaired) electrons. The van der Waals surface area contributed by atoms with E-state index in [9.17, 15) is 0 Å². The molecule has 5 heteroatoms. The number of nitrogens with zero attached hydrogens (tertiary/aromatic N) is 3. The highest BCUT2D eigenvalue weighted by Crippen LogP contribution is 2.15. The van der Waals surface area contributed by atoms with Crippen molar-refractivity contribution >= 4 is 0 Å². The molecule has 1 fully saturated rings. The van der Waals surface area contributed by atoms with Crippen LogP contribution in [0.15, 0.2) is 4.42 Å². The Labute approximate surface area is 109 Å². The van der Waals surface area contributed by atoms with E-state index in [-0.39, 0.29) is 0 Å². The molecular formula is C13H24N4O. The molecule has 0 spiro atoms. The third-order valence-corrected chi connectivity index (χ3v) is 3.49. The molecule has 1 saturated heterocycles. The Morgan fingerprint density at radius 2 is 1.94 bits per heavy atom. The monoisotopic (exact) mass is 252 g/mol. The van der Waals surface area contributed by atoms with Crippen LogP contribution < -0.4 is 5.32 Å². The maximum absolute atomic E-state index is 5.62. The van der Waals surface area contributed by atoms with Gasteiger partial charge in [-0.15, -0.1) is 10.2 Å². The second kappa shape index (κ2) is 6.85. The Morgan fingerprint density at radius 1 is 1.22 bits per heavy atom. The van der Waals surface area contributed by atoms with Crippen molar-refractivity contribution in [2.24, 2.45) is 0 Å². The van der Waals surface area contributed by atoms with E-state index < -0.39 is 0 Å². The third kappa shape index (κ3) is 3.53. The zero-order valence-corrected chi connectivity index (χ0v) is 11.5. The largest absolute Gasteiger partial charge is 0.424 e. The van der Waals surface area contributed by atoms with Gasteiger partial charge in [-0.3, -0.25) is 4.90 Å². The summed E-state index contributed by atoms with van der Waals surface area (Å²) in [6.07, 6.45) is 4.41. The van der Waals surface area contributed by atoms with Gasteiger partial charge in [0.05, 0.1) is 6.54 Å². The summed E-state index contributed by atoms with van der Waals surface area (Å²) in [6.45, 7) is 8.40. The molecule has 0 aliphatic carbocycles. The minimum atomic E-state index is 0.656. The number of nitrogens with one attached hydrogen (secondary N) is 1. The van der Waals surface area contributed by atoms with Crippen molar-refractivity contribution in [1.82, 2.24) is 20.4 Å². The van der Waals surface area contributed by atoms with Crippen LogP contribution in [-0.2, 0) is 13.0 Å². The maximum Gasteiger partial charge on any atom is 0.230 e. The van der Waals surface area contributed by atoms with Crippen LogP contribution in [-0.4, -0.2) is 40.8 Å². The molecule has 0 unspecified atom stereocenters. The summed E-state index contributed by atoms with van der Waals surface area (Å²) in [4.78, 5) is 2.49. The van der Waals surface area contributed by atoms with E-state index in [1.807, 2.05) is 6.92 Å². The summed E-state index contributed by atoms with van der Waals surface area (Å²) in [7, 11) is 0. The quantitative estimate of drug-likeness (QED) is 0.833. The molecule has 0 saturated carbocycles. The number of hydrogen-bond acceptors (Lipinski definition) is 5. The molecular weight excluding hydrogens is 228 g/mol. The number of rotatable bonds is 6. The van der Waals surface area contributed by atoms with Crippen LogP contribution in [0.1, 0.15) is 44.9 Å². The van der Waals surface area contributed by atoms with E-state index in [0.29, 0.717) is 6.04 Å². The normalized spacial score (nSPS) is 17.5. The number of piperidine rings is 1. The van der Waals surface area contributed by atoms with Crippen LogP contribution >= 0.6 is 0 Å². The average molecular weight is 252 g/mol. The molecule has 1 aromatic heterocycles. The molecule has 1 N–H and O–H groups in total. The lowest BCUT2D eigenvalue weighted by Crippen LogP contribution is -2.43. The van der Waals surface area contributed by atoms with Gasteiger partial charge in [-0.25, -0.2) is 0 Å². The first-order valence-electron chi connectivity index (χ1n) is 7.09. The Hall–Kier alpha value is -0.940. The lowest BCUT2D eigenvalue weighted by atomic mass is 10.0. The van der Waals surface area contributed by atoms with Gasteiger partial charge in [0.2, 0.25) is 11.8 Å². The molecule has 0 bridgehead atoms. The van der Waals surface area contributed by atoms with Crippen LogP contribution in [0.25, 0.3) is 0 Å². The first kappa shape index (κ1) is 13.5. The predicted octanol–water partition coefficient (Wildman–Crippen LogP) is 1.60. The van der Waals surface area contributed by atoms with E-state index in [4.69, 9.17) is 4.42 Å². The van der Waals surface area contributed by atoms with Gasteiger partial charge in [0, 0.05) is 12.5 Å². The Morgan fingerprint density at radius 3 is 2.56 bits per heavy atom. The van der Waals surface area contributed by atoms with Gasteiger partial charge in [0.15, 0.2) is 0 Å². The fraction of sp³-hybridized carbons (Fsp3) is 0.846. The molecule has 1 aliphatic rings. The maximum atomic E-state index is 5.62. The van der Waals surface area contributed by atoms with Gasteiger partial charge in [-0.1, -0.05) is 13.8 Å². The Balaban J connectivity index is 1.95. The summed E-state index contributed by atoms with van der Waals surface area (Å²) in [5.41, 5.74) is 0. The molecule has 0 aromatic carbocycles. The fourth-order valence-electron chi connectivity index (χ4n) is 2.52. The minimum absolute atomic E-state index is 0.656. The van der Waals surface area contributed by atoms with Gasteiger partial charge < -0.3 is 9.73 Å². The molecule has 5 nitrogen and oxygen atoms in total. The third-order valence-electron chi connectivity index (χ3n) is 3.49. The van der Waals surface area contributed by atoms with E-state index in [1.165, 1.54) is 19.3 Å². The van der Waals surface area contributed by atoms with Crippen LogP contribution in [0, 0.1) is 0 Å². The number of hydrogen-bond donors (Lipinski definition) is 1. The van der Waals surface area contributed by atoms with Crippen molar-refractivity contribution in [3.63, 3.8) is 0 Å². The zero-order valence-electron chi connectivity index (χ0n) is 11.5. The molecule has 1 aliphatic heterocycles. The van der Waals surface area contributed by atoms with Crippen LogP contribution in [0.3, 0.4) is 0 Å². The summed E-state index contributed by atoms with van der Waals surface area (Å²) in [6, 6.07) is 0.656. The van der Waals surface area contributed by atoms with Gasteiger partial charge in [-0.2, -0.15) is 0 Å². The lowest BCUT2D eigenvalue weighted by molar-refractivity contribution is 0.140. The van der Waals surface area contributed by atoms with Crippen molar-refractivity contribution in [1.29, 1.82) is 0 Å². The molecule has 102 valence electrons. The first-order valence-corrected chi connectivity index (χ1v) is 7.09. The number of aromatic nitrogens is 2. The van der Waals surface area contributed by atoms with Gasteiger partial charge >= 0.3 is 0 Å².